The summed E-state index contributed by atoms with van der Waals surface area (Å²) >= 11 is 0. The largest absolute Gasteiger partial charge is 0.469 e. The van der Waals surface area contributed by atoms with Crippen molar-refractivity contribution in [2.75, 3.05) is 13.7 Å². The summed E-state index contributed by atoms with van der Waals surface area (Å²) in [6.07, 6.45) is 0.545. The van der Waals surface area contributed by atoms with Crippen LogP contribution < -0.4 is 5.32 Å². The lowest BCUT2D eigenvalue weighted by Gasteiger charge is -2.08. The average Bonchev–Trinajstić information content (AvgIpc) is 2.33. The summed E-state index contributed by atoms with van der Waals surface area (Å²) in [6.45, 7) is 4.30. The van der Waals surface area contributed by atoms with Gasteiger partial charge in [0.25, 0.3) is 0 Å². The van der Waals surface area contributed by atoms with Gasteiger partial charge in [0, 0.05) is 6.54 Å². The average molecular weight is 249 g/mol. The second-order valence-corrected chi connectivity index (χ2v) is 4.28. The van der Waals surface area contributed by atoms with Gasteiger partial charge in [0.15, 0.2) is 0 Å². The Bertz CT molecular complexity index is 441. The van der Waals surface area contributed by atoms with E-state index in [0.717, 1.165) is 16.7 Å². The molecule has 0 aromatic heterocycles. The van der Waals surface area contributed by atoms with E-state index in [1.54, 1.807) is 0 Å². The van der Waals surface area contributed by atoms with Gasteiger partial charge in [-0.15, -0.1) is 0 Å². The summed E-state index contributed by atoms with van der Waals surface area (Å²) in [7, 11) is 1.33. The van der Waals surface area contributed by atoms with Crippen LogP contribution >= 0.6 is 0 Å². The molecular formula is C14H19NO3. The topological polar surface area (TPSA) is 55.4 Å². The first kappa shape index (κ1) is 14.2. The smallest absolute Gasteiger partial charge is 0.307 e. The second-order valence-electron chi connectivity index (χ2n) is 4.28. The van der Waals surface area contributed by atoms with Crippen molar-refractivity contribution in [1.82, 2.24) is 5.32 Å². The zero-order valence-corrected chi connectivity index (χ0v) is 11.1. The van der Waals surface area contributed by atoms with Crippen molar-refractivity contribution in [3.8, 4) is 0 Å². The van der Waals surface area contributed by atoms with Gasteiger partial charge in [-0.3, -0.25) is 9.59 Å². The van der Waals surface area contributed by atoms with E-state index in [-0.39, 0.29) is 18.3 Å². The lowest BCUT2D eigenvalue weighted by atomic mass is 10.0. The molecule has 0 aliphatic rings. The molecule has 1 aromatic carbocycles. The summed E-state index contributed by atoms with van der Waals surface area (Å²) in [5.41, 5.74) is 3.26. The first-order valence-corrected chi connectivity index (χ1v) is 5.92. The van der Waals surface area contributed by atoms with Crippen LogP contribution in [0.3, 0.4) is 0 Å². The van der Waals surface area contributed by atoms with Crippen LogP contribution in [0.15, 0.2) is 18.2 Å². The SMILES string of the molecule is COC(=O)CCNC(=O)Cc1cc(C)ccc1C. The zero-order valence-electron chi connectivity index (χ0n) is 11.1. The standard InChI is InChI=1S/C14H19NO3/c1-10-4-5-11(2)12(8-10)9-13(16)15-7-6-14(17)18-3/h4-5,8H,6-7,9H2,1-3H3,(H,15,16). The minimum atomic E-state index is -0.318. The zero-order chi connectivity index (χ0) is 13.5. The molecule has 4 nitrogen and oxygen atoms in total. The minimum absolute atomic E-state index is 0.0763. The van der Waals surface area contributed by atoms with E-state index in [9.17, 15) is 9.59 Å². The summed E-state index contributed by atoms with van der Waals surface area (Å²) in [6, 6.07) is 6.04. The maximum Gasteiger partial charge on any atom is 0.307 e. The molecule has 0 unspecified atom stereocenters. The van der Waals surface area contributed by atoms with E-state index in [0.29, 0.717) is 13.0 Å². The van der Waals surface area contributed by atoms with Gasteiger partial charge < -0.3 is 10.1 Å². The highest BCUT2D eigenvalue weighted by Crippen LogP contribution is 2.11. The number of nitrogens with one attached hydrogen (secondary N) is 1. The molecule has 1 amide bonds. The molecule has 0 fully saturated rings. The van der Waals surface area contributed by atoms with Gasteiger partial charge in [-0.1, -0.05) is 23.8 Å². The summed E-state index contributed by atoms with van der Waals surface area (Å²) in [4.78, 5) is 22.6. The van der Waals surface area contributed by atoms with Crippen LogP contribution in [-0.4, -0.2) is 25.5 Å². The first-order valence-electron chi connectivity index (χ1n) is 5.92. The van der Waals surface area contributed by atoms with Crippen molar-refractivity contribution >= 4 is 11.9 Å². The number of carbonyl (C=O) groups is 2. The third kappa shape index (κ3) is 4.57. The normalized spacial score (nSPS) is 9.94. The molecule has 1 aromatic rings. The molecule has 0 aliphatic carbocycles. The number of carbonyl (C=O) groups excluding carboxylic acids is 2. The summed E-state index contributed by atoms with van der Waals surface area (Å²) in [5, 5.41) is 2.70. The van der Waals surface area contributed by atoms with Crippen LogP contribution in [0.5, 0.6) is 0 Å². The number of methoxy groups -OCH3 is 1. The Morgan fingerprint density at radius 1 is 1.28 bits per heavy atom. The third-order valence-electron chi connectivity index (χ3n) is 2.73. The number of hydrogen-bond acceptors (Lipinski definition) is 3. The highest BCUT2D eigenvalue weighted by molar-refractivity contribution is 5.79. The lowest BCUT2D eigenvalue weighted by molar-refractivity contribution is -0.140. The van der Waals surface area contributed by atoms with E-state index in [4.69, 9.17) is 0 Å². The van der Waals surface area contributed by atoms with E-state index in [1.165, 1.54) is 7.11 Å². The molecule has 18 heavy (non-hydrogen) atoms. The van der Waals surface area contributed by atoms with E-state index in [1.807, 2.05) is 32.0 Å². The maximum atomic E-state index is 11.7. The van der Waals surface area contributed by atoms with Crippen molar-refractivity contribution in [3.05, 3.63) is 34.9 Å². The molecule has 0 saturated carbocycles. The van der Waals surface area contributed by atoms with Crippen LogP contribution in [0.2, 0.25) is 0 Å². The van der Waals surface area contributed by atoms with Crippen molar-refractivity contribution in [1.29, 1.82) is 0 Å². The molecule has 0 bridgehead atoms. The van der Waals surface area contributed by atoms with Gasteiger partial charge in [-0.25, -0.2) is 0 Å². The molecule has 0 spiro atoms. The highest BCUT2D eigenvalue weighted by Gasteiger charge is 2.07. The molecule has 1 rings (SSSR count). The number of benzene rings is 1. The van der Waals surface area contributed by atoms with Crippen molar-refractivity contribution in [3.63, 3.8) is 0 Å². The molecule has 98 valence electrons. The van der Waals surface area contributed by atoms with Crippen molar-refractivity contribution < 1.29 is 14.3 Å². The van der Waals surface area contributed by atoms with E-state index < -0.39 is 0 Å². The molecule has 0 aliphatic heterocycles. The molecule has 4 heteroatoms. The van der Waals surface area contributed by atoms with Crippen molar-refractivity contribution in [2.24, 2.45) is 0 Å². The fourth-order valence-corrected chi connectivity index (χ4v) is 1.63. The Morgan fingerprint density at radius 2 is 2.00 bits per heavy atom. The quantitative estimate of drug-likeness (QED) is 0.805. The number of esters is 1. The second kappa shape index (κ2) is 6.79. The van der Waals surface area contributed by atoms with E-state index >= 15 is 0 Å². The van der Waals surface area contributed by atoms with Crippen LogP contribution in [0, 0.1) is 13.8 Å². The number of hydrogen-bond donors (Lipinski definition) is 1. The Kier molecular flexibility index (Phi) is 5.36. The predicted octanol–water partition coefficient (Wildman–Crippen LogP) is 1.53. The summed E-state index contributed by atoms with van der Waals surface area (Å²) < 4.78 is 4.49. The van der Waals surface area contributed by atoms with Crippen LogP contribution in [0.4, 0.5) is 0 Å². The fraction of sp³-hybridized carbons (Fsp3) is 0.429. The van der Waals surface area contributed by atoms with Crippen LogP contribution in [0.25, 0.3) is 0 Å². The van der Waals surface area contributed by atoms with E-state index in [2.05, 4.69) is 10.1 Å². The molecular weight excluding hydrogens is 230 g/mol. The highest BCUT2D eigenvalue weighted by atomic mass is 16.5. The third-order valence-corrected chi connectivity index (χ3v) is 2.73. The Labute approximate surface area is 107 Å². The summed E-state index contributed by atoms with van der Waals surface area (Å²) in [5.74, 6) is -0.394. The van der Waals surface area contributed by atoms with Crippen molar-refractivity contribution in [2.45, 2.75) is 26.7 Å². The predicted molar refractivity (Wildman–Crippen MR) is 69.3 cm³/mol. The monoisotopic (exact) mass is 249 g/mol. The fourth-order valence-electron chi connectivity index (χ4n) is 1.63. The minimum Gasteiger partial charge on any atom is -0.469 e. The number of amides is 1. The van der Waals surface area contributed by atoms with Gasteiger partial charge in [-0.05, 0) is 25.0 Å². The van der Waals surface area contributed by atoms with Gasteiger partial charge in [0.1, 0.15) is 0 Å². The maximum absolute atomic E-state index is 11.7. The Hall–Kier alpha value is -1.84. The Balaban J connectivity index is 2.44. The first-order chi connectivity index (χ1) is 8.52. The molecule has 0 heterocycles. The number of rotatable bonds is 5. The molecule has 0 saturated heterocycles. The Morgan fingerprint density at radius 3 is 2.67 bits per heavy atom. The molecule has 0 atom stereocenters. The van der Waals surface area contributed by atoms with Crippen LogP contribution in [-0.2, 0) is 20.7 Å². The van der Waals surface area contributed by atoms with Gasteiger partial charge >= 0.3 is 5.97 Å². The van der Waals surface area contributed by atoms with Gasteiger partial charge in [-0.2, -0.15) is 0 Å². The number of ether oxygens (including phenoxy) is 1. The molecule has 1 N–H and O–H groups in total. The van der Waals surface area contributed by atoms with Crippen LogP contribution in [0.1, 0.15) is 23.1 Å². The molecule has 0 radical (unpaired) electrons. The lowest BCUT2D eigenvalue weighted by Crippen LogP contribution is -2.28. The van der Waals surface area contributed by atoms with Gasteiger partial charge in [0.2, 0.25) is 5.91 Å². The van der Waals surface area contributed by atoms with Gasteiger partial charge in [0.05, 0.1) is 20.0 Å². The number of aryl methyl sites for hydroxylation is 2.